The van der Waals surface area contributed by atoms with Gasteiger partial charge in [0.2, 0.25) is 5.91 Å². The van der Waals surface area contributed by atoms with E-state index < -0.39 is 0 Å². The van der Waals surface area contributed by atoms with Crippen LogP contribution in [0.3, 0.4) is 0 Å². The summed E-state index contributed by atoms with van der Waals surface area (Å²) in [6.45, 7) is 5.54. The molecule has 1 aliphatic rings. The van der Waals surface area contributed by atoms with Crippen LogP contribution in [0.2, 0.25) is 0 Å². The van der Waals surface area contributed by atoms with Gasteiger partial charge in [0.05, 0.1) is 6.04 Å². The van der Waals surface area contributed by atoms with E-state index in [1.54, 1.807) is 16.2 Å². The van der Waals surface area contributed by atoms with Gasteiger partial charge in [-0.2, -0.15) is 0 Å². The molecule has 0 N–H and O–H groups in total. The summed E-state index contributed by atoms with van der Waals surface area (Å²) in [5, 5.41) is 4.26. The standard InChI is InChI=1S/C31H32N2O2S/c1-3-4-17-32(31(35)25-14-13-23-10-6-7-11-24(23)20-25)21-29(34)33-18-15-28-27(16-19-36-28)30(33)26-12-8-5-9-22(26)2/h5-14,16,19-20,30H,3-4,15,17-18,21H2,1-2H3. The Morgan fingerprint density at radius 3 is 2.56 bits per heavy atom. The molecule has 0 saturated heterocycles. The maximum Gasteiger partial charge on any atom is 0.254 e. The minimum atomic E-state index is -0.113. The number of thiophene rings is 1. The Hall–Kier alpha value is -3.44. The lowest BCUT2D eigenvalue weighted by molar-refractivity contribution is -0.134. The molecule has 1 unspecified atom stereocenters. The number of hydrogen-bond donors (Lipinski definition) is 0. The molecule has 4 aromatic rings. The normalized spacial score (nSPS) is 15.1. The smallest absolute Gasteiger partial charge is 0.254 e. The van der Waals surface area contributed by atoms with E-state index in [0.29, 0.717) is 18.7 Å². The van der Waals surface area contributed by atoms with Gasteiger partial charge in [-0.1, -0.05) is 67.9 Å². The fraction of sp³-hybridized carbons (Fsp3) is 0.290. The predicted molar refractivity (Wildman–Crippen MR) is 148 cm³/mol. The van der Waals surface area contributed by atoms with Crippen LogP contribution in [0.25, 0.3) is 10.8 Å². The highest BCUT2D eigenvalue weighted by Crippen LogP contribution is 2.39. The van der Waals surface area contributed by atoms with Crippen molar-refractivity contribution >= 4 is 33.9 Å². The monoisotopic (exact) mass is 496 g/mol. The lowest BCUT2D eigenvalue weighted by Crippen LogP contribution is -2.47. The average Bonchev–Trinajstić information content (AvgIpc) is 3.39. The fourth-order valence-corrected chi connectivity index (χ4v) is 6.08. The van der Waals surface area contributed by atoms with Crippen LogP contribution in [-0.4, -0.2) is 41.2 Å². The van der Waals surface area contributed by atoms with E-state index in [0.717, 1.165) is 35.6 Å². The average molecular weight is 497 g/mol. The van der Waals surface area contributed by atoms with Gasteiger partial charge in [-0.05, 0) is 70.8 Å². The Labute approximate surface area is 217 Å². The third-order valence-electron chi connectivity index (χ3n) is 7.16. The number of rotatable bonds is 7. The molecular weight excluding hydrogens is 464 g/mol. The largest absolute Gasteiger partial charge is 0.330 e. The molecule has 2 amide bonds. The second-order valence-electron chi connectivity index (χ2n) is 9.54. The first-order valence-corrected chi connectivity index (χ1v) is 13.6. The first-order chi connectivity index (χ1) is 17.6. The summed E-state index contributed by atoms with van der Waals surface area (Å²) >= 11 is 1.77. The zero-order chi connectivity index (χ0) is 25.1. The molecule has 0 spiro atoms. The van der Waals surface area contributed by atoms with Crippen molar-refractivity contribution in [2.45, 2.75) is 39.2 Å². The van der Waals surface area contributed by atoms with E-state index >= 15 is 0 Å². The number of unbranched alkanes of at least 4 members (excludes halogenated alkanes) is 1. The van der Waals surface area contributed by atoms with Crippen molar-refractivity contribution in [1.29, 1.82) is 0 Å². The SMILES string of the molecule is CCCCN(CC(=O)N1CCc2sccc2C1c1ccccc1C)C(=O)c1ccc2ccccc2c1. The number of benzene rings is 3. The summed E-state index contributed by atoms with van der Waals surface area (Å²) in [7, 11) is 0. The maximum absolute atomic E-state index is 13.9. The Morgan fingerprint density at radius 2 is 1.75 bits per heavy atom. The van der Waals surface area contributed by atoms with Gasteiger partial charge in [0.25, 0.3) is 5.91 Å². The summed E-state index contributed by atoms with van der Waals surface area (Å²) in [5.74, 6) is -0.0754. The van der Waals surface area contributed by atoms with Gasteiger partial charge in [0, 0.05) is 23.5 Å². The maximum atomic E-state index is 13.9. The Kier molecular flexibility index (Phi) is 7.19. The Balaban J connectivity index is 1.44. The van der Waals surface area contributed by atoms with Crippen LogP contribution in [0.4, 0.5) is 0 Å². The van der Waals surface area contributed by atoms with Crippen LogP contribution in [0, 0.1) is 6.92 Å². The summed E-state index contributed by atoms with van der Waals surface area (Å²) < 4.78 is 0. The molecule has 0 bridgehead atoms. The van der Waals surface area contributed by atoms with Crippen LogP contribution in [0.1, 0.15) is 57.7 Å². The molecule has 2 heterocycles. The lowest BCUT2D eigenvalue weighted by Gasteiger charge is -2.38. The highest BCUT2D eigenvalue weighted by atomic mass is 32.1. The molecule has 4 nitrogen and oxygen atoms in total. The summed E-state index contributed by atoms with van der Waals surface area (Å²) in [6.07, 6.45) is 2.68. The quantitative estimate of drug-likeness (QED) is 0.288. The van der Waals surface area contributed by atoms with E-state index in [1.165, 1.54) is 16.0 Å². The third kappa shape index (κ3) is 4.80. The van der Waals surface area contributed by atoms with E-state index in [4.69, 9.17) is 0 Å². The van der Waals surface area contributed by atoms with E-state index in [-0.39, 0.29) is 24.4 Å². The van der Waals surface area contributed by atoms with Crippen molar-refractivity contribution in [3.8, 4) is 0 Å². The lowest BCUT2D eigenvalue weighted by atomic mass is 9.90. The molecule has 0 fully saturated rings. The second-order valence-corrected chi connectivity index (χ2v) is 10.5. The van der Waals surface area contributed by atoms with Gasteiger partial charge < -0.3 is 9.80 Å². The number of nitrogens with zero attached hydrogens (tertiary/aromatic N) is 2. The Morgan fingerprint density at radius 1 is 0.972 bits per heavy atom. The first kappa shape index (κ1) is 24.3. The third-order valence-corrected chi connectivity index (χ3v) is 8.16. The van der Waals surface area contributed by atoms with Crippen LogP contribution >= 0.6 is 11.3 Å². The van der Waals surface area contributed by atoms with Gasteiger partial charge in [0.1, 0.15) is 6.54 Å². The van der Waals surface area contributed by atoms with Crippen LogP contribution < -0.4 is 0 Å². The highest BCUT2D eigenvalue weighted by molar-refractivity contribution is 7.10. The molecule has 0 saturated carbocycles. The van der Waals surface area contributed by atoms with Crippen LogP contribution in [-0.2, 0) is 11.2 Å². The number of carbonyl (C=O) groups excluding carboxylic acids is 2. The zero-order valence-corrected chi connectivity index (χ0v) is 21.8. The van der Waals surface area contributed by atoms with Crippen LogP contribution in [0.15, 0.2) is 78.2 Å². The van der Waals surface area contributed by atoms with Crippen LogP contribution in [0.5, 0.6) is 0 Å². The van der Waals surface area contributed by atoms with Crippen molar-refractivity contribution < 1.29 is 9.59 Å². The van der Waals surface area contributed by atoms with Gasteiger partial charge in [0.15, 0.2) is 0 Å². The molecular formula is C31H32N2O2S. The van der Waals surface area contributed by atoms with Crippen molar-refractivity contribution in [2.24, 2.45) is 0 Å². The zero-order valence-electron chi connectivity index (χ0n) is 20.9. The van der Waals surface area contributed by atoms with E-state index in [2.05, 4.69) is 37.4 Å². The number of hydrogen-bond acceptors (Lipinski definition) is 3. The predicted octanol–water partition coefficient (Wildman–Crippen LogP) is 6.63. The van der Waals surface area contributed by atoms with E-state index in [9.17, 15) is 9.59 Å². The van der Waals surface area contributed by atoms with Gasteiger partial charge in [-0.25, -0.2) is 0 Å². The summed E-state index contributed by atoms with van der Waals surface area (Å²) in [5.41, 5.74) is 4.18. The van der Waals surface area contributed by atoms with E-state index in [1.807, 2.05) is 59.5 Å². The Bertz CT molecular complexity index is 1390. The fourth-order valence-electron chi connectivity index (χ4n) is 5.17. The molecule has 1 aliphatic heterocycles. The molecule has 0 radical (unpaired) electrons. The number of fused-ring (bicyclic) bond motifs is 2. The van der Waals surface area contributed by atoms with Crippen molar-refractivity contribution in [2.75, 3.05) is 19.6 Å². The molecule has 1 atom stereocenters. The molecule has 36 heavy (non-hydrogen) atoms. The minimum absolute atomic E-state index is 0.00495. The van der Waals surface area contributed by atoms with Gasteiger partial charge in [-0.3, -0.25) is 9.59 Å². The topological polar surface area (TPSA) is 40.6 Å². The first-order valence-electron chi connectivity index (χ1n) is 12.8. The second kappa shape index (κ2) is 10.7. The van der Waals surface area contributed by atoms with Crippen molar-refractivity contribution in [3.05, 3.63) is 105 Å². The highest BCUT2D eigenvalue weighted by Gasteiger charge is 2.34. The van der Waals surface area contributed by atoms with Crippen molar-refractivity contribution in [1.82, 2.24) is 9.80 Å². The molecule has 5 rings (SSSR count). The molecule has 5 heteroatoms. The number of aryl methyl sites for hydroxylation is 1. The molecule has 0 aliphatic carbocycles. The molecule has 3 aromatic carbocycles. The molecule has 184 valence electrons. The van der Waals surface area contributed by atoms with Gasteiger partial charge in [-0.15, -0.1) is 11.3 Å². The molecule has 1 aromatic heterocycles. The summed E-state index contributed by atoms with van der Waals surface area (Å²) in [4.78, 5) is 32.6. The number of carbonyl (C=O) groups is 2. The summed E-state index contributed by atoms with van der Waals surface area (Å²) in [6, 6.07) is 24.2. The van der Waals surface area contributed by atoms with Gasteiger partial charge >= 0.3 is 0 Å². The number of amides is 2. The minimum Gasteiger partial charge on any atom is -0.330 e. The van der Waals surface area contributed by atoms with Crippen molar-refractivity contribution in [3.63, 3.8) is 0 Å².